The smallest absolute Gasteiger partial charge is 0.272 e. The van der Waals surface area contributed by atoms with Crippen LogP contribution in [0.1, 0.15) is 29.2 Å². The Kier molecular flexibility index (Phi) is 5.78. The SMILES string of the molecule is CCOc1ccc(Cc2cc([C@]34OC[C@](C(F)F)(O3)[C@@H](O)[C@H](O)[C@H]4O)ccc2C)cc1. The Labute approximate surface area is 179 Å². The highest BCUT2D eigenvalue weighted by Gasteiger charge is 2.70. The van der Waals surface area contributed by atoms with Gasteiger partial charge in [-0.2, -0.15) is 0 Å². The maximum atomic E-state index is 13.8. The predicted molar refractivity (Wildman–Crippen MR) is 107 cm³/mol. The number of rotatable bonds is 6. The molecule has 168 valence electrons. The maximum Gasteiger partial charge on any atom is 0.272 e. The van der Waals surface area contributed by atoms with Gasteiger partial charge in [-0.1, -0.05) is 24.3 Å². The number of aliphatic hydroxyl groups is 3. The number of halogens is 2. The van der Waals surface area contributed by atoms with Crippen molar-refractivity contribution in [1.29, 1.82) is 0 Å². The fourth-order valence-electron chi connectivity index (χ4n) is 4.26. The molecule has 0 unspecified atom stereocenters. The Hall–Kier alpha value is -2.10. The molecule has 0 spiro atoms. The zero-order chi connectivity index (χ0) is 22.4. The lowest BCUT2D eigenvalue weighted by atomic mass is 9.83. The minimum absolute atomic E-state index is 0.306. The van der Waals surface area contributed by atoms with Crippen molar-refractivity contribution in [1.82, 2.24) is 0 Å². The highest BCUT2D eigenvalue weighted by Crippen LogP contribution is 2.51. The number of fused-ring (bicyclic) bond motifs is 2. The van der Waals surface area contributed by atoms with E-state index in [1.807, 2.05) is 38.1 Å². The summed E-state index contributed by atoms with van der Waals surface area (Å²) >= 11 is 0. The van der Waals surface area contributed by atoms with Crippen LogP contribution < -0.4 is 4.74 Å². The summed E-state index contributed by atoms with van der Waals surface area (Å²) in [6, 6.07) is 12.8. The summed E-state index contributed by atoms with van der Waals surface area (Å²) in [6.45, 7) is 3.75. The molecule has 3 N–H and O–H groups in total. The molecule has 6 nitrogen and oxygen atoms in total. The zero-order valence-corrected chi connectivity index (χ0v) is 17.3. The lowest BCUT2D eigenvalue weighted by Crippen LogP contribution is -2.66. The molecule has 4 rings (SSSR count). The van der Waals surface area contributed by atoms with Gasteiger partial charge < -0.3 is 29.5 Å². The van der Waals surface area contributed by atoms with Crippen LogP contribution in [-0.4, -0.2) is 58.9 Å². The van der Waals surface area contributed by atoms with Gasteiger partial charge in [-0.05, 0) is 55.2 Å². The van der Waals surface area contributed by atoms with E-state index in [4.69, 9.17) is 14.2 Å². The largest absolute Gasteiger partial charge is 0.494 e. The number of hydrogen-bond acceptors (Lipinski definition) is 6. The molecule has 2 aromatic carbocycles. The second-order valence-corrected chi connectivity index (χ2v) is 8.09. The molecule has 2 aliphatic rings. The zero-order valence-electron chi connectivity index (χ0n) is 17.3. The lowest BCUT2D eigenvalue weighted by molar-refractivity contribution is -0.341. The van der Waals surface area contributed by atoms with Crippen LogP contribution in [0.3, 0.4) is 0 Å². The van der Waals surface area contributed by atoms with Crippen LogP contribution in [0.15, 0.2) is 42.5 Å². The molecule has 0 aromatic heterocycles. The van der Waals surface area contributed by atoms with E-state index >= 15 is 0 Å². The Balaban J connectivity index is 1.67. The van der Waals surface area contributed by atoms with Crippen molar-refractivity contribution in [3.63, 3.8) is 0 Å². The van der Waals surface area contributed by atoms with Crippen LogP contribution in [0.5, 0.6) is 5.75 Å². The molecule has 0 radical (unpaired) electrons. The highest BCUT2D eigenvalue weighted by atomic mass is 19.3. The van der Waals surface area contributed by atoms with Gasteiger partial charge in [0.05, 0.1) is 13.2 Å². The molecular formula is C23H26F2O6. The van der Waals surface area contributed by atoms with E-state index in [1.165, 1.54) is 0 Å². The molecule has 2 bridgehead atoms. The number of aliphatic hydroxyl groups excluding tert-OH is 3. The van der Waals surface area contributed by atoms with Crippen molar-refractivity contribution in [3.05, 3.63) is 64.7 Å². The Bertz CT molecular complexity index is 936. The maximum absolute atomic E-state index is 13.8. The molecule has 0 saturated carbocycles. The molecule has 2 aliphatic heterocycles. The van der Waals surface area contributed by atoms with Gasteiger partial charge in [0.25, 0.3) is 6.43 Å². The van der Waals surface area contributed by atoms with E-state index in [-0.39, 0.29) is 0 Å². The summed E-state index contributed by atoms with van der Waals surface area (Å²) in [4.78, 5) is 0. The Morgan fingerprint density at radius 2 is 1.81 bits per heavy atom. The van der Waals surface area contributed by atoms with E-state index in [0.29, 0.717) is 18.6 Å². The van der Waals surface area contributed by atoms with Crippen molar-refractivity contribution < 1.29 is 38.3 Å². The first kappa shape index (κ1) is 22.1. The average molecular weight is 436 g/mol. The molecule has 0 amide bonds. The number of benzene rings is 2. The van der Waals surface area contributed by atoms with Crippen LogP contribution in [0.2, 0.25) is 0 Å². The third-order valence-electron chi connectivity index (χ3n) is 6.14. The first-order valence-electron chi connectivity index (χ1n) is 10.2. The van der Waals surface area contributed by atoms with Crippen molar-refractivity contribution in [3.8, 4) is 5.75 Å². The minimum atomic E-state index is -3.11. The van der Waals surface area contributed by atoms with Gasteiger partial charge in [-0.25, -0.2) is 8.78 Å². The van der Waals surface area contributed by atoms with Crippen molar-refractivity contribution in [2.24, 2.45) is 0 Å². The second-order valence-electron chi connectivity index (χ2n) is 8.09. The van der Waals surface area contributed by atoms with E-state index < -0.39 is 42.7 Å². The van der Waals surface area contributed by atoms with Gasteiger partial charge in [0.15, 0.2) is 5.60 Å². The van der Waals surface area contributed by atoms with Crippen LogP contribution in [0.25, 0.3) is 0 Å². The standard InChI is InChI=1S/C23H26F2O6/c1-3-29-17-8-5-14(6-9-17)10-15-11-16(7-4-13(15)2)23-20(28)18(26)19(27)22(31-23,12-30-23)21(24)25/h4-9,11,18-21,26-28H,3,10,12H2,1-2H3/t18-,19-,20+,22-,23-/m0/s1. The quantitative estimate of drug-likeness (QED) is 0.644. The summed E-state index contributed by atoms with van der Waals surface area (Å²) in [5, 5.41) is 31.1. The minimum Gasteiger partial charge on any atom is -0.494 e. The first-order valence-corrected chi connectivity index (χ1v) is 10.2. The summed E-state index contributed by atoms with van der Waals surface area (Å²) in [7, 11) is 0. The fraction of sp³-hybridized carbons (Fsp3) is 0.478. The van der Waals surface area contributed by atoms with Crippen molar-refractivity contribution >= 4 is 0 Å². The second kappa shape index (κ2) is 8.11. The van der Waals surface area contributed by atoms with Crippen molar-refractivity contribution in [2.45, 2.75) is 56.4 Å². The average Bonchev–Trinajstić information content (AvgIpc) is 3.15. The van der Waals surface area contributed by atoms with Gasteiger partial charge in [0.2, 0.25) is 5.79 Å². The van der Waals surface area contributed by atoms with Crippen LogP contribution in [-0.2, 0) is 21.7 Å². The number of ether oxygens (including phenoxy) is 3. The summed E-state index contributed by atoms with van der Waals surface area (Å²) in [5.41, 5.74) is 0.749. The summed E-state index contributed by atoms with van der Waals surface area (Å²) in [5.74, 6) is -1.22. The van der Waals surface area contributed by atoms with Gasteiger partial charge in [0.1, 0.15) is 24.1 Å². The summed E-state index contributed by atoms with van der Waals surface area (Å²) in [6.07, 6.45) is -8.13. The van der Waals surface area contributed by atoms with E-state index in [1.54, 1.807) is 18.2 Å². The molecule has 2 saturated heterocycles. The molecule has 31 heavy (non-hydrogen) atoms. The van der Waals surface area contributed by atoms with Gasteiger partial charge >= 0.3 is 0 Å². The molecular weight excluding hydrogens is 410 g/mol. The fourth-order valence-corrected chi connectivity index (χ4v) is 4.26. The van der Waals surface area contributed by atoms with Gasteiger partial charge in [-0.15, -0.1) is 0 Å². The van der Waals surface area contributed by atoms with Crippen LogP contribution in [0, 0.1) is 6.92 Å². The van der Waals surface area contributed by atoms with E-state index in [2.05, 4.69) is 0 Å². The Morgan fingerprint density at radius 3 is 2.45 bits per heavy atom. The number of aryl methyl sites for hydroxylation is 1. The third kappa shape index (κ3) is 3.52. The van der Waals surface area contributed by atoms with Gasteiger partial charge in [0, 0.05) is 5.56 Å². The number of alkyl halides is 2. The monoisotopic (exact) mass is 436 g/mol. The molecule has 8 heteroatoms. The molecule has 5 atom stereocenters. The lowest BCUT2D eigenvalue weighted by Gasteiger charge is -2.46. The van der Waals surface area contributed by atoms with Crippen LogP contribution >= 0.6 is 0 Å². The van der Waals surface area contributed by atoms with Gasteiger partial charge in [-0.3, -0.25) is 0 Å². The van der Waals surface area contributed by atoms with Crippen molar-refractivity contribution in [2.75, 3.05) is 13.2 Å². The highest BCUT2D eigenvalue weighted by molar-refractivity contribution is 5.40. The summed E-state index contributed by atoms with van der Waals surface area (Å²) < 4.78 is 44.2. The molecule has 2 aromatic rings. The molecule has 2 fully saturated rings. The van der Waals surface area contributed by atoms with Crippen LogP contribution in [0.4, 0.5) is 8.78 Å². The molecule has 0 aliphatic carbocycles. The predicted octanol–water partition coefficient (Wildman–Crippen LogP) is 2.28. The first-order chi connectivity index (χ1) is 14.7. The number of hydrogen-bond donors (Lipinski definition) is 3. The normalized spacial score (nSPS) is 32.5. The van der Waals surface area contributed by atoms with E-state index in [9.17, 15) is 24.1 Å². The van der Waals surface area contributed by atoms with E-state index in [0.717, 1.165) is 22.4 Å². The molecule has 2 heterocycles. The third-order valence-corrected chi connectivity index (χ3v) is 6.14. The topological polar surface area (TPSA) is 88.4 Å². The Morgan fingerprint density at radius 1 is 1.10 bits per heavy atom.